The van der Waals surface area contributed by atoms with Crippen molar-refractivity contribution in [3.05, 3.63) is 43.0 Å². The third-order valence-corrected chi connectivity index (χ3v) is 10.9. The number of halogens is 2. The summed E-state index contributed by atoms with van der Waals surface area (Å²) in [6, 6.07) is 0. The van der Waals surface area contributed by atoms with Crippen molar-refractivity contribution >= 4 is 24.8 Å². The normalized spacial score (nSPS) is 16.3. The van der Waals surface area contributed by atoms with Gasteiger partial charge in [0.1, 0.15) is 0 Å². The van der Waals surface area contributed by atoms with Gasteiger partial charge < -0.3 is 0 Å². The summed E-state index contributed by atoms with van der Waals surface area (Å²) in [7, 11) is 0. The van der Waals surface area contributed by atoms with Crippen LogP contribution in [0.5, 0.6) is 0 Å². The predicted molar refractivity (Wildman–Crippen MR) is 73.3 cm³/mol. The van der Waals surface area contributed by atoms with Gasteiger partial charge >= 0.3 is 95.1 Å². The molecular formula is C13H19Cl2Zr. The number of rotatable bonds is 4. The average Bonchev–Trinajstić information content (AvgIpc) is 2.87. The fourth-order valence-corrected chi connectivity index (χ4v) is 9.19. The number of hydrogen-bond donors (Lipinski definition) is 0. The molecule has 0 nitrogen and oxygen atoms in total. The van der Waals surface area contributed by atoms with Crippen molar-refractivity contribution in [1.82, 2.24) is 0 Å². The molecule has 0 aromatic carbocycles. The predicted octanol–water partition coefficient (Wildman–Crippen LogP) is 4.96. The fraction of sp³-hybridized carbons (Fsp3) is 0.385. The van der Waals surface area contributed by atoms with E-state index in [1.807, 2.05) is 6.56 Å². The van der Waals surface area contributed by atoms with Gasteiger partial charge in [0.25, 0.3) is 0 Å². The van der Waals surface area contributed by atoms with Crippen LogP contribution in [0.2, 0.25) is 4.13 Å². The summed E-state index contributed by atoms with van der Waals surface area (Å²) in [6.45, 7) is 2.33. The summed E-state index contributed by atoms with van der Waals surface area (Å²) in [6.07, 6.45) is 17.8. The number of hydrogen-bond acceptors (Lipinski definition) is 0. The molecule has 0 fully saturated rings. The molecule has 0 aromatic heterocycles. The van der Waals surface area contributed by atoms with Gasteiger partial charge in [0, 0.05) is 0 Å². The Morgan fingerprint density at radius 3 is 1.81 bits per heavy atom. The Bertz CT molecular complexity index is 297. The van der Waals surface area contributed by atoms with Gasteiger partial charge in [-0.1, -0.05) is 0 Å². The van der Waals surface area contributed by atoms with E-state index in [0.717, 1.165) is 0 Å². The molecule has 0 N–H and O–H groups in total. The molecule has 0 atom stereocenters. The molecule has 0 aliphatic heterocycles. The van der Waals surface area contributed by atoms with Gasteiger partial charge in [-0.2, -0.15) is 0 Å². The molecule has 0 heterocycles. The van der Waals surface area contributed by atoms with E-state index in [2.05, 4.69) is 43.4 Å². The molecule has 0 unspecified atom stereocenters. The molecule has 16 heavy (non-hydrogen) atoms. The molecule has 3 heteroatoms. The standard InChI is InChI=1S/2C5H5.C3H7.2ClH.Zr/c2*1-2-4-5-3-1;1-3-2;;;/h2*1-3H,4H2;1,3H2,2H3;2*1H;. The van der Waals surface area contributed by atoms with Crippen molar-refractivity contribution in [3.63, 3.8) is 0 Å². The Morgan fingerprint density at radius 1 is 1.00 bits per heavy atom. The third-order valence-electron chi connectivity index (χ3n) is 2.82. The minimum Gasteiger partial charge on any atom is -0.147 e. The molecule has 2 aliphatic carbocycles. The zero-order valence-electron chi connectivity index (χ0n) is 9.61. The minimum absolute atomic E-state index is 0. The third kappa shape index (κ3) is 4.02. The molecule has 0 saturated heterocycles. The van der Waals surface area contributed by atoms with E-state index < -0.39 is 21.8 Å². The van der Waals surface area contributed by atoms with Crippen molar-refractivity contribution in [1.29, 1.82) is 0 Å². The van der Waals surface area contributed by atoms with Crippen LogP contribution in [0, 0.1) is 0 Å². The van der Waals surface area contributed by atoms with Crippen LogP contribution in [-0.2, 0) is 21.8 Å². The van der Waals surface area contributed by atoms with Crippen LogP contribution in [0.15, 0.2) is 43.0 Å². The molecule has 0 saturated carbocycles. The van der Waals surface area contributed by atoms with Crippen LogP contribution in [0.1, 0.15) is 26.2 Å². The van der Waals surface area contributed by atoms with E-state index in [1.165, 1.54) is 23.4 Å². The zero-order chi connectivity index (χ0) is 9.80. The quantitative estimate of drug-likeness (QED) is 0.680. The molecule has 2 aliphatic rings. The van der Waals surface area contributed by atoms with E-state index >= 15 is 0 Å². The van der Waals surface area contributed by atoms with Crippen molar-refractivity contribution in [2.45, 2.75) is 30.3 Å². The fourth-order valence-electron chi connectivity index (χ4n) is 2.12. The second kappa shape index (κ2) is 8.50. The summed E-state index contributed by atoms with van der Waals surface area (Å²) < 4.78 is 5.12. The Kier molecular flexibility index (Phi) is 8.73. The van der Waals surface area contributed by atoms with Crippen LogP contribution in [-0.4, -0.2) is 0 Å². The molecule has 0 bridgehead atoms. The largest absolute Gasteiger partial charge is 0.147 e. The zero-order valence-corrected chi connectivity index (χ0v) is 13.7. The maximum absolute atomic E-state index is 2.39. The Morgan fingerprint density at radius 2 is 1.50 bits per heavy atom. The van der Waals surface area contributed by atoms with Crippen molar-refractivity contribution in [2.75, 3.05) is 0 Å². The van der Waals surface area contributed by atoms with Gasteiger partial charge in [-0.3, -0.25) is 0 Å². The minimum atomic E-state index is -1.35. The van der Waals surface area contributed by atoms with Gasteiger partial charge in [-0.25, -0.2) is 0 Å². The second-order valence-electron chi connectivity index (χ2n) is 3.88. The molecule has 0 radical (unpaired) electrons. The van der Waals surface area contributed by atoms with Gasteiger partial charge in [-0.05, 0) is 0 Å². The van der Waals surface area contributed by atoms with Crippen LogP contribution in [0.3, 0.4) is 0 Å². The summed E-state index contributed by atoms with van der Waals surface area (Å²) >= 11 is -1.35. The Labute approximate surface area is 119 Å². The van der Waals surface area contributed by atoms with E-state index in [0.29, 0.717) is 0 Å². The first-order valence-electron chi connectivity index (χ1n) is 5.49. The van der Waals surface area contributed by atoms with Gasteiger partial charge in [-0.15, -0.1) is 24.8 Å². The van der Waals surface area contributed by atoms with Crippen molar-refractivity contribution in [3.8, 4) is 0 Å². The summed E-state index contributed by atoms with van der Waals surface area (Å²) in [5.74, 6) is 0. The summed E-state index contributed by atoms with van der Waals surface area (Å²) in [5, 5.41) is 0. The molecule has 0 amide bonds. The summed E-state index contributed by atoms with van der Waals surface area (Å²) in [4.78, 5) is 0. The van der Waals surface area contributed by atoms with Crippen LogP contribution in [0.4, 0.5) is 0 Å². The molecule has 0 spiro atoms. The molecule has 0 aromatic rings. The van der Waals surface area contributed by atoms with Crippen LogP contribution >= 0.6 is 24.8 Å². The second-order valence-corrected chi connectivity index (χ2v) is 10.6. The molecular weight excluding hydrogens is 318 g/mol. The summed E-state index contributed by atoms with van der Waals surface area (Å²) in [5.41, 5.74) is 0. The van der Waals surface area contributed by atoms with E-state index in [1.54, 1.807) is 0 Å². The van der Waals surface area contributed by atoms with Crippen molar-refractivity contribution < 1.29 is 21.8 Å². The SMILES string of the molecule is CC[CH2][Zr]([C]1=CC=CC1)[C]1=CC=CC1.Cl.Cl. The maximum Gasteiger partial charge on any atom is -0.147 e. The maximum atomic E-state index is 2.39. The van der Waals surface area contributed by atoms with E-state index in [9.17, 15) is 0 Å². The first-order valence-corrected chi connectivity index (χ1v) is 9.69. The Hall–Kier alpha value is 0.423. The first kappa shape index (κ1) is 16.4. The molecule has 89 valence electrons. The monoisotopic (exact) mass is 335 g/mol. The van der Waals surface area contributed by atoms with E-state index in [4.69, 9.17) is 0 Å². The number of allylic oxidation sites excluding steroid dienone is 8. The first-order chi connectivity index (χ1) is 6.92. The average molecular weight is 337 g/mol. The smallest absolute Gasteiger partial charge is 0.147 e. The molecule has 2 rings (SSSR count). The van der Waals surface area contributed by atoms with Gasteiger partial charge in [0.2, 0.25) is 0 Å². The Balaban J connectivity index is 0.00000112. The van der Waals surface area contributed by atoms with Gasteiger partial charge in [0.05, 0.1) is 0 Å². The van der Waals surface area contributed by atoms with Crippen molar-refractivity contribution in [2.24, 2.45) is 0 Å². The van der Waals surface area contributed by atoms with Crippen LogP contribution in [0.25, 0.3) is 0 Å². The van der Waals surface area contributed by atoms with Gasteiger partial charge in [0.15, 0.2) is 0 Å². The van der Waals surface area contributed by atoms with Crippen LogP contribution < -0.4 is 0 Å². The van der Waals surface area contributed by atoms with E-state index in [-0.39, 0.29) is 24.8 Å². The topological polar surface area (TPSA) is 0 Å².